The number of nitrogens with one attached hydrogen (secondary N) is 2. The molecule has 0 spiro atoms. The first-order chi connectivity index (χ1) is 9.50. The van der Waals surface area contributed by atoms with E-state index in [0.717, 1.165) is 5.76 Å². The van der Waals surface area contributed by atoms with Crippen molar-refractivity contribution in [2.75, 3.05) is 14.1 Å². The molecule has 0 saturated carbocycles. The van der Waals surface area contributed by atoms with E-state index in [4.69, 9.17) is 4.42 Å². The zero-order valence-corrected chi connectivity index (χ0v) is 11.7. The summed E-state index contributed by atoms with van der Waals surface area (Å²) in [5.41, 5.74) is 0. The Morgan fingerprint density at radius 1 is 1.15 bits per heavy atom. The molecule has 108 valence electrons. The smallest absolute Gasteiger partial charge is 0.319 e. The summed E-state index contributed by atoms with van der Waals surface area (Å²) in [6.45, 7) is 1.95. The molecule has 0 aliphatic carbocycles. The summed E-state index contributed by atoms with van der Waals surface area (Å²) in [5, 5.41) is 5.80. The third-order valence-corrected chi connectivity index (χ3v) is 4.24. The summed E-state index contributed by atoms with van der Waals surface area (Å²) in [4.78, 5) is 27.2. The Morgan fingerprint density at radius 3 is 2.50 bits per heavy atom. The van der Waals surface area contributed by atoms with Gasteiger partial charge in [-0.15, -0.1) is 0 Å². The lowest BCUT2D eigenvalue weighted by atomic mass is 9.83. The van der Waals surface area contributed by atoms with Gasteiger partial charge in [0.1, 0.15) is 11.9 Å². The highest BCUT2D eigenvalue weighted by molar-refractivity contribution is 5.80. The Labute approximate surface area is 116 Å². The minimum atomic E-state index is -0.336. The molecule has 2 saturated heterocycles. The summed E-state index contributed by atoms with van der Waals surface area (Å²) >= 11 is 0. The van der Waals surface area contributed by atoms with Gasteiger partial charge in [-0.3, -0.25) is 0 Å². The van der Waals surface area contributed by atoms with Gasteiger partial charge in [0.25, 0.3) is 0 Å². The average molecular weight is 278 g/mol. The Balaban J connectivity index is 2.02. The van der Waals surface area contributed by atoms with E-state index in [2.05, 4.69) is 10.6 Å². The van der Waals surface area contributed by atoms with Gasteiger partial charge in [0.2, 0.25) is 0 Å². The molecule has 20 heavy (non-hydrogen) atoms. The number of hydrogen-bond acceptors (Lipinski definition) is 3. The molecule has 4 atom stereocenters. The fourth-order valence-electron chi connectivity index (χ4n) is 3.14. The SMILES string of the molecule is C[C@@H]1NC(=O)N(C)[C@@H]2NC(=O)N(C)[C@@H](c3ccco3)[C@H]12. The number of nitrogens with zero attached hydrogens (tertiary/aromatic N) is 2. The van der Waals surface area contributed by atoms with E-state index < -0.39 is 0 Å². The second-order valence-corrected chi connectivity index (χ2v) is 5.39. The van der Waals surface area contributed by atoms with Crippen molar-refractivity contribution in [2.24, 2.45) is 5.92 Å². The molecule has 0 unspecified atom stereocenters. The van der Waals surface area contributed by atoms with Crippen LogP contribution in [0.15, 0.2) is 22.8 Å². The third kappa shape index (κ3) is 1.73. The zero-order chi connectivity index (χ0) is 14.4. The van der Waals surface area contributed by atoms with Crippen LogP contribution in [0, 0.1) is 5.92 Å². The van der Waals surface area contributed by atoms with Crippen LogP contribution in [0.5, 0.6) is 0 Å². The Morgan fingerprint density at radius 2 is 1.85 bits per heavy atom. The lowest BCUT2D eigenvalue weighted by molar-refractivity contribution is 0.0175. The lowest BCUT2D eigenvalue weighted by Gasteiger charge is -2.51. The highest BCUT2D eigenvalue weighted by atomic mass is 16.3. The molecule has 7 nitrogen and oxygen atoms in total. The van der Waals surface area contributed by atoms with Crippen LogP contribution in [0.25, 0.3) is 0 Å². The molecule has 1 aromatic rings. The highest BCUT2D eigenvalue weighted by Crippen LogP contribution is 2.38. The van der Waals surface area contributed by atoms with E-state index >= 15 is 0 Å². The minimum absolute atomic E-state index is 0.00606. The molecule has 2 aliphatic heterocycles. The Hall–Kier alpha value is -2.18. The molecule has 1 aromatic heterocycles. The largest absolute Gasteiger partial charge is 0.467 e. The minimum Gasteiger partial charge on any atom is -0.467 e. The fourth-order valence-corrected chi connectivity index (χ4v) is 3.14. The zero-order valence-electron chi connectivity index (χ0n) is 11.7. The summed E-state index contributed by atoms with van der Waals surface area (Å²) in [6.07, 6.45) is 1.26. The maximum Gasteiger partial charge on any atom is 0.319 e. The van der Waals surface area contributed by atoms with Gasteiger partial charge >= 0.3 is 12.1 Å². The molecule has 0 radical (unpaired) electrons. The molecular formula is C13H18N4O3. The number of fused-ring (bicyclic) bond motifs is 1. The molecule has 0 bridgehead atoms. The molecule has 3 rings (SSSR count). The summed E-state index contributed by atoms with van der Waals surface area (Å²) in [5.74, 6) is 0.736. The van der Waals surface area contributed by atoms with Crippen molar-refractivity contribution in [2.45, 2.75) is 25.2 Å². The van der Waals surface area contributed by atoms with E-state index in [0.29, 0.717) is 0 Å². The Bertz CT molecular complexity index is 530. The van der Waals surface area contributed by atoms with E-state index in [9.17, 15) is 9.59 Å². The van der Waals surface area contributed by atoms with Crippen LogP contribution < -0.4 is 10.6 Å². The summed E-state index contributed by atoms with van der Waals surface area (Å²) in [7, 11) is 3.42. The maximum absolute atomic E-state index is 12.1. The molecule has 0 aromatic carbocycles. The molecule has 7 heteroatoms. The molecule has 2 aliphatic rings. The second-order valence-electron chi connectivity index (χ2n) is 5.39. The van der Waals surface area contributed by atoms with Crippen LogP contribution >= 0.6 is 0 Å². The van der Waals surface area contributed by atoms with Crippen molar-refractivity contribution in [1.82, 2.24) is 20.4 Å². The van der Waals surface area contributed by atoms with E-state index in [-0.39, 0.29) is 36.2 Å². The van der Waals surface area contributed by atoms with Gasteiger partial charge in [-0.05, 0) is 19.1 Å². The van der Waals surface area contributed by atoms with Crippen LogP contribution in [0.3, 0.4) is 0 Å². The van der Waals surface area contributed by atoms with E-state index in [1.807, 2.05) is 13.0 Å². The van der Waals surface area contributed by atoms with Gasteiger partial charge in [-0.2, -0.15) is 0 Å². The molecule has 4 amide bonds. The lowest BCUT2D eigenvalue weighted by Crippen LogP contribution is -2.71. The first-order valence-electron chi connectivity index (χ1n) is 6.60. The standard InChI is InChI=1S/C13H18N4O3/c1-7-9-10(8-5-4-6-20-8)16(2)13(19)15-11(9)17(3)12(18)14-7/h4-7,9-11H,1-3H3,(H,14,18)(H,15,19)/t7-,9-,10-,11-/m0/s1. The summed E-state index contributed by atoms with van der Waals surface area (Å²) in [6, 6.07) is 3.01. The normalized spacial score (nSPS) is 33.5. The monoisotopic (exact) mass is 278 g/mol. The van der Waals surface area contributed by atoms with Crippen molar-refractivity contribution in [1.29, 1.82) is 0 Å². The van der Waals surface area contributed by atoms with Crippen molar-refractivity contribution in [3.8, 4) is 0 Å². The van der Waals surface area contributed by atoms with Crippen LogP contribution in [0.4, 0.5) is 9.59 Å². The number of carbonyl (C=O) groups is 2. The van der Waals surface area contributed by atoms with Crippen molar-refractivity contribution in [3.05, 3.63) is 24.2 Å². The molecular weight excluding hydrogens is 260 g/mol. The van der Waals surface area contributed by atoms with Gasteiger partial charge in [-0.25, -0.2) is 9.59 Å². The van der Waals surface area contributed by atoms with Gasteiger partial charge in [-0.1, -0.05) is 0 Å². The van der Waals surface area contributed by atoms with Crippen LogP contribution in [0.2, 0.25) is 0 Å². The summed E-state index contributed by atoms with van der Waals surface area (Å²) < 4.78 is 5.50. The van der Waals surface area contributed by atoms with Crippen molar-refractivity contribution in [3.63, 3.8) is 0 Å². The molecule has 2 N–H and O–H groups in total. The number of hydrogen-bond donors (Lipinski definition) is 2. The number of furan rings is 1. The number of amides is 4. The first kappa shape index (κ1) is 12.8. The Kier molecular flexibility index (Phi) is 2.84. The van der Waals surface area contributed by atoms with Gasteiger partial charge in [0, 0.05) is 26.1 Å². The highest BCUT2D eigenvalue weighted by Gasteiger charge is 2.50. The molecule has 2 fully saturated rings. The average Bonchev–Trinajstić information content (AvgIpc) is 2.92. The topological polar surface area (TPSA) is 77.8 Å². The fraction of sp³-hybridized carbons (Fsp3) is 0.538. The molecule has 3 heterocycles. The predicted molar refractivity (Wildman–Crippen MR) is 70.8 cm³/mol. The maximum atomic E-state index is 12.1. The van der Waals surface area contributed by atoms with Crippen LogP contribution in [-0.4, -0.2) is 48.2 Å². The van der Waals surface area contributed by atoms with Crippen molar-refractivity contribution >= 4 is 12.1 Å². The van der Waals surface area contributed by atoms with E-state index in [1.54, 1.807) is 31.3 Å². The van der Waals surface area contributed by atoms with Crippen molar-refractivity contribution < 1.29 is 14.0 Å². The van der Waals surface area contributed by atoms with Crippen LogP contribution in [-0.2, 0) is 0 Å². The second kappa shape index (κ2) is 4.43. The van der Waals surface area contributed by atoms with Gasteiger partial charge in [0.15, 0.2) is 0 Å². The third-order valence-electron chi connectivity index (χ3n) is 4.24. The first-order valence-corrected chi connectivity index (χ1v) is 6.60. The number of rotatable bonds is 1. The number of urea groups is 2. The number of carbonyl (C=O) groups excluding carboxylic acids is 2. The predicted octanol–water partition coefficient (Wildman–Crippen LogP) is 0.961. The van der Waals surface area contributed by atoms with Crippen LogP contribution in [0.1, 0.15) is 18.7 Å². The van der Waals surface area contributed by atoms with Gasteiger partial charge in [0.05, 0.1) is 12.3 Å². The quantitative estimate of drug-likeness (QED) is 0.803. The van der Waals surface area contributed by atoms with E-state index in [1.165, 1.54) is 4.90 Å². The van der Waals surface area contributed by atoms with Gasteiger partial charge < -0.3 is 24.9 Å².